The Labute approximate surface area is 146 Å². The van der Waals surface area contributed by atoms with Gasteiger partial charge < -0.3 is 10.2 Å². The van der Waals surface area contributed by atoms with E-state index in [0.717, 1.165) is 30.6 Å². The molecule has 2 N–H and O–H groups in total. The standard InChI is InChI=1S/C19H20N4O2/c24-23(25)17-16(14-8-3-1-4-9-14)21-18(15-10-5-2-6-11-15)22-13-7-12-20-19(17)22/h1-6,8-11,16,18,20-21H,7,12-13H2. The van der Waals surface area contributed by atoms with E-state index in [1.165, 1.54) is 0 Å². The largest absolute Gasteiger partial charge is 0.366 e. The fraction of sp³-hybridized carbons (Fsp3) is 0.263. The number of hydrogen-bond donors (Lipinski definition) is 2. The van der Waals surface area contributed by atoms with Crippen molar-refractivity contribution in [3.8, 4) is 0 Å². The Morgan fingerprint density at radius 1 is 1.00 bits per heavy atom. The van der Waals surface area contributed by atoms with Gasteiger partial charge in [-0.1, -0.05) is 60.7 Å². The summed E-state index contributed by atoms with van der Waals surface area (Å²) in [7, 11) is 0. The van der Waals surface area contributed by atoms with Gasteiger partial charge in [0.2, 0.25) is 0 Å². The Kier molecular flexibility index (Phi) is 4.11. The van der Waals surface area contributed by atoms with E-state index in [2.05, 4.69) is 27.7 Å². The highest BCUT2D eigenvalue weighted by Gasteiger charge is 2.43. The number of nitro groups is 1. The smallest absolute Gasteiger partial charge is 0.307 e. The molecule has 1 fully saturated rings. The summed E-state index contributed by atoms with van der Waals surface area (Å²) in [6.45, 7) is 1.54. The van der Waals surface area contributed by atoms with E-state index in [1.807, 2.05) is 48.5 Å². The summed E-state index contributed by atoms with van der Waals surface area (Å²) in [5, 5.41) is 18.7. The maximum absolute atomic E-state index is 11.9. The number of nitrogens with one attached hydrogen (secondary N) is 2. The summed E-state index contributed by atoms with van der Waals surface area (Å²) < 4.78 is 0. The first-order valence-electron chi connectivity index (χ1n) is 8.51. The molecule has 0 radical (unpaired) electrons. The van der Waals surface area contributed by atoms with Crippen LogP contribution in [0.15, 0.2) is 72.2 Å². The lowest BCUT2D eigenvalue weighted by molar-refractivity contribution is -0.436. The number of rotatable bonds is 3. The predicted molar refractivity (Wildman–Crippen MR) is 94.8 cm³/mol. The third-order valence-corrected chi connectivity index (χ3v) is 4.75. The summed E-state index contributed by atoms with van der Waals surface area (Å²) in [5.41, 5.74) is 2.19. The van der Waals surface area contributed by atoms with Crippen molar-refractivity contribution in [2.45, 2.75) is 18.6 Å². The molecule has 2 aliphatic rings. The Bertz CT molecular complexity index is 792. The van der Waals surface area contributed by atoms with Gasteiger partial charge >= 0.3 is 5.70 Å². The molecule has 2 unspecified atom stereocenters. The number of nitrogens with zero attached hydrogens (tertiary/aromatic N) is 2. The topological polar surface area (TPSA) is 70.4 Å². The molecule has 6 heteroatoms. The fourth-order valence-electron chi connectivity index (χ4n) is 3.63. The van der Waals surface area contributed by atoms with Crippen LogP contribution in [0.4, 0.5) is 0 Å². The van der Waals surface area contributed by atoms with E-state index in [4.69, 9.17) is 0 Å². The second-order valence-corrected chi connectivity index (χ2v) is 6.29. The third-order valence-electron chi connectivity index (χ3n) is 4.75. The highest BCUT2D eigenvalue weighted by molar-refractivity contribution is 5.33. The Balaban J connectivity index is 1.84. The first kappa shape index (κ1) is 15.7. The lowest BCUT2D eigenvalue weighted by Gasteiger charge is -2.44. The molecule has 0 bridgehead atoms. The molecule has 1 saturated heterocycles. The lowest BCUT2D eigenvalue weighted by atomic mass is 9.97. The van der Waals surface area contributed by atoms with E-state index in [9.17, 15) is 10.1 Å². The highest BCUT2D eigenvalue weighted by Crippen LogP contribution is 2.37. The molecule has 2 aromatic carbocycles. The lowest BCUT2D eigenvalue weighted by Crippen LogP contribution is -2.53. The average Bonchev–Trinajstić information content (AvgIpc) is 2.68. The van der Waals surface area contributed by atoms with E-state index >= 15 is 0 Å². The molecular formula is C19H20N4O2. The second kappa shape index (κ2) is 6.57. The summed E-state index contributed by atoms with van der Waals surface area (Å²) in [5.74, 6) is 0.637. The summed E-state index contributed by atoms with van der Waals surface area (Å²) in [6.07, 6.45) is 0.855. The van der Waals surface area contributed by atoms with Crippen molar-refractivity contribution in [3.05, 3.63) is 93.4 Å². The van der Waals surface area contributed by atoms with Gasteiger partial charge in [-0.3, -0.25) is 15.4 Å². The van der Waals surface area contributed by atoms with Crippen LogP contribution in [-0.2, 0) is 0 Å². The second-order valence-electron chi connectivity index (χ2n) is 6.29. The Morgan fingerprint density at radius 3 is 2.28 bits per heavy atom. The normalized spacial score (nSPS) is 23.0. The molecule has 2 heterocycles. The van der Waals surface area contributed by atoms with Crippen LogP contribution >= 0.6 is 0 Å². The van der Waals surface area contributed by atoms with Crippen LogP contribution in [-0.4, -0.2) is 22.9 Å². The Morgan fingerprint density at radius 2 is 1.64 bits per heavy atom. The first-order valence-corrected chi connectivity index (χ1v) is 8.51. The molecule has 2 atom stereocenters. The van der Waals surface area contributed by atoms with Gasteiger partial charge in [0.1, 0.15) is 12.2 Å². The van der Waals surface area contributed by atoms with Crippen LogP contribution < -0.4 is 10.6 Å². The average molecular weight is 336 g/mol. The Hall–Kier alpha value is -2.86. The zero-order chi connectivity index (χ0) is 17.2. The van der Waals surface area contributed by atoms with Crippen LogP contribution in [0.5, 0.6) is 0 Å². The van der Waals surface area contributed by atoms with Gasteiger partial charge in [-0.05, 0) is 17.5 Å². The molecular weight excluding hydrogens is 316 g/mol. The van der Waals surface area contributed by atoms with Crippen LogP contribution in [0.25, 0.3) is 0 Å². The molecule has 0 spiro atoms. The molecule has 2 aromatic rings. The predicted octanol–water partition coefficient (Wildman–Crippen LogP) is 2.77. The zero-order valence-electron chi connectivity index (χ0n) is 13.8. The van der Waals surface area contributed by atoms with Gasteiger partial charge in [0, 0.05) is 13.1 Å². The van der Waals surface area contributed by atoms with Crippen molar-refractivity contribution >= 4 is 0 Å². The number of benzene rings is 2. The molecule has 0 amide bonds. The van der Waals surface area contributed by atoms with Crippen molar-refractivity contribution in [1.29, 1.82) is 0 Å². The minimum Gasteiger partial charge on any atom is -0.366 e. The van der Waals surface area contributed by atoms with Crippen molar-refractivity contribution in [3.63, 3.8) is 0 Å². The van der Waals surface area contributed by atoms with E-state index in [0.29, 0.717) is 5.82 Å². The highest BCUT2D eigenvalue weighted by atomic mass is 16.6. The molecule has 25 heavy (non-hydrogen) atoms. The van der Waals surface area contributed by atoms with Gasteiger partial charge in [0.05, 0.1) is 4.92 Å². The zero-order valence-corrected chi connectivity index (χ0v) is 13.8. The molecule has 2 aliphatic heterocycles. The van der Waals surface area contributed by atoms with E-state index in [1.54, 1.807) is 0 Å². The van der Waals surface area contributed by atoms with E-state index in [-0.39, 0.29) is 16.8 Å². The van der Waals surface area contributed by atoms with Gasteiger partial charge in [-0.2, -0.15) is 0 Å². The molecule has 0 aromatic heterocycles. The number of hydrogen-bond acceptors (Lipinski definition) is 5. The monoisotopic (exact) mass is 336 g/mol. The van der Waals surface area contributed by atoms with E-state index < -0.39 is 6.04 Å². The van der Waals surface area contributed by atoms with Crippen LogP contribution in [0.1, 0.15) is 29.8 Å². The van der Waals surface area contributed by atoms with Crippen molar-refractivity contribution in [2.75, 3.05) is 13.1 Å². The molecule has 128 valence electrons. The van der Waals surface area contributed by atoms with Gasteiger partial charge in [0.15, 0.2) is 5.82 Å². The molecule has 0 saturated carbocycles. The van der Waals surface area contributed by atoms with Crippen LogP contribution in [0.3, 0.4) is 0 Å². The fourth-order valence-corrected chi connectivity index (χ4v) is 3.63. The maximum Gasteiger partial charge on any atom is 0.307 e. The molecule has 6 nitrogen and oxygen atoms in total. The number of fused-ring (bicyclic) bond motifs is 1. The van der Waals surface area contributed by atoms with Gasteiger partial charge in [0.25, 0.3) is 0 Å². The summed E-state index contributed by atoms with van der Waals surface area (Å²) in [4.78, 5) is 13.7. The van der Waals surface area contributed by atoms with Gasteiger partial charge in [-0.15, -0.1) is 0 Å². The summed E-state index contributed by atoms with van der Waals surface area (Å²) >= 11 is 0. The minimum absolute atomic E-state index is 0.0992. The van der Waals surface area contributed by atoms with Crippen LogP contribution in [0.2, 0.25) is 0 Å². The maximum atomic E-state index is 11.9. The molecule has 4 rings (SSSR count). The van der Waals surface area contributed by atoms with Crippen molar-refractivity contribution < 1.29 is 4.92 Å². The third kappa shape index (κ3) is 2.85. The quantitative estimate of drug-likeness (QED) is 0.666. The summed E-state index contributed by atoms with van der Waals surface area (Å²) in [6, 6.07) is 19.3. The molecule has 0 aliphatic carbocycles. The van der Waals surface area contributed by atoms with Gasteiger partial charge in [-0.25, -0.2) is 0 Å². The van der Waals surface area contributed by atoms with Crippen molar-refractivity contribution in [2.24, 2.45) is 0 Å². The van der Waals surface area contributed by atoms with Crippen LogP contribution in [0, 0.1) is 10.1 Å². The minimum atomic E-state index is -0.460. The van der Waals surface area contributed by atoms with Crippen molar-refractivity contribution in [1.82, 2.24) is 15.5 Å². The SMILES string of the molecule is O=[N+]([O-])C1=C2NCCCN2C(c2ccccc2)NC1c1ccccc1. The first-order chi connectivity index (χ1) is 12.3.